The third-order valence-corrected chi connectivity index (χ3v) is 3.69. The van der Waals surface area contributed by atoms with Crippen LogP contribution >= 0.6 is 11.5 Å². The van der Waals surface area contributed by atoms with Crippen molar-refractivity contribution in [2.75, 3.05) is 31.1 Å². The van der Waals surface area contributed by atoms with Crippen molar-refractivity contribution in [1.82, 2.24) is 14.3 Å². The molecule has 1 aliphatic rings. The SMILES string of the molecule is CC(C)(C#N)N1CCN(c2ncns2)CC1. The highest BCUT2D eigenvalue weighted by Gasteiger charge is 2.30. The van der Waals surface area contributed by atoms with Crippen LogP contribution in [0.4, 0.5) is 5.13 Å². The van der Waals surface area contributed by atoms with E-state index in [0.717, 1.165) is 31.3 Å². The zero-order valence-corrected chi connectivity index (χ0v) is 10.4. The van der Waals surface area contributed by atoms with Crippen molar-refractivity contribution in [1.29, 1.82) is 5.26 Å². The lowest BCUT2D eigenvalue weighted by molar-refractivity contribution is 0.158. The Morgan fingerprint density at radius 3 is 2.56 bits per heavy atom. The molecule has 0 spiro atoms. The number of piperazine rings is 1. The van der Waals surface area contributed by atoms with E-state index in [1.165, 1.54) is 11.5 Å². The van der Waals surface area contributed by atoms with E-state index in [4.69, 9.17) is 5.26 Å². The maximum atomic E-state index is 9.07. The van der Waals surface area contributed by atoms with Crippen LogP contribution in [-0.2, 0) is 0 Å². The van der Waals surface area contributed by atoms with Crippen LogP contribution < -0.4 is 4.90 Å². The standard InChI is InChI=1S/C10H15N5S/c1-10(2,7-11)15-5-3-14(4-6-15)9-12-8-13-16-9/h8H,3-6H2,1-2H3. The highest BCUT2D eigenvalue weighted by Crippen LogP contribution is 2.20. The topological polar surface area (TPSA) is 56.1 Å². The Hall–Kier alpha value is -1.19. The van der Waals surface area contributed by atoms with Crippen LogP contribution in [0.1, 0.15) is 13.8 Å². The van der Waals surface area contributed by atoms with Crippen molar-refractivity contribution in [2.45, 2.75) is 19.4 Å². The molecular formula is C10H15N5S. The summed E-state index contributed by atoms with van der Waals surface area (Å²) in [7, 11) is 0. The summed E-state index contributed by atoms with van der Waals surface area (Å²) in [5, 5.41) is 10.1. The van der Waals surface area contributed by atoms with Gasteiger partial charge in [-0.1, -0.05) is 0 Å². The molecule has 0 atom stereocenters. The molecule has 1 fully saturated rings. The van der Waals surface area contributed by atoms with Gasteiger partial charge in [-0.25, -0.2) is 4.98 Å². The second-order valence-corrected chi connectivity index (χ2v) is 5.13. The van der Waals surface area contributed by atoms with Crippen molar-refractivity contribution < 1.29 is 0 Å². The Bertz CT molecular complexity index is 372. The first-order valence-corrected chi connectivity index (χ1v) is 6.09. The van der Waals surface area contributed by atoms with Crippen LogP contribution in [-0.4, -0.2) is 46.0 Å². The normalized spacial score (nSPS) is 18.4. The molecule has 6 heteroatoms. The number of nitrogens with zero attached hydrogens (tertiary/aromatic N) is 5. The molecule has 86 valence electrons. The Morgan fingerprint density at radius 2 is 2.06 bits per heavy atom. The van der Waals surface area contributed by atoms with E-state index < -0.39 is 0 Å². The van der Waals surface area contributed by atoms with E-state index in [1.54, 1.807) is 6.33 Å². The van der Waals surface area contributed by atoms with Gasteiger partial charge < -0.3 is 4.90 Å². The maximum Gasteiger partial charge on any atom is 0.205 e. The summed E-state index contributed by atoms with van der Waals surface area (Å²) >= 11 is 1.43. The predicted octanol–water partition coefficient (Wildman–Crippen LogP) is 0.962. The number of hydrogen-bond donors (Lipinski definition) is 0. The summed E-state index contributed by atoms with van der Waals surface area (Å²) in [5.74, 6) is 0. The third kappa shape index (κ3) is 2.15. The van der Waals surface area contributed by atoms with Crippen LogP contribution in [0.5, 0.6) is 0 Å². The molecule has 0 aromatic carbocycles. The zero-order chi connectivity index (χ0) is 11.6. The van der Waals surface area contributed by atoms with Crippen LogP contribution in [0, 0.1) is 11.3 Å². The molecule has 2 heterocycles. The van der Waals surface area contributed by atoms with Crippen LogP contribution in [0.25, 0.3) is 0 Å². The number of hydrogen-bond acceptors (Lipinski definition) is 6. The van der Waals surface area contributed by atoms with Gasteiger partial charge in [-0.2, -0.15) is 9.64 Å². The summed E-state index contributed by atoms with van der Waals surface area (Å²) in [4.78, 5) is 8.63. The fourth-order valence-corrected chi connectivity index (χ4v) is 2.41. The van der Waals surface area contributed by atoms with Crippen molar-refractivity contribution in [3.63, 3.8) is 0 Å². The van der Waals surface area contributed by atoms with Gasteiger partial charge in [0, 0.05) is 37.7 Å². The lowest BCUT2D eigenvalue weighted by Crippen LogP contribution is -2.54. The van der Waals surface area contributed by atoms with Crippen molar-refractivity contribution in [2.24, 2.45) is 0 Å². The molecule has 1 saturated heterocycles. The minimum Gasteiger partial charge on any atom is -0.344 e. The average molecular weight is 237 g/mol. The zero-order valence-electron chi connectivity index (χ0n) is 9.55. The minimum absolute atomic E-state index is 0.368. The van der Waals surface area contributed by atoms with Gasteiger partial charge in [0.1, 0.15) is 11.9 Å². The molecule has 0 bridgehead atoms. The summed E-state index contributed by atoms with van der Waals surface area (Å²) < 4.78 is 4.00. The fourth-order valence-electron chi connectivity index (χ4n) is 1.83. The molecule has 1 aromatic heterocycles. The maximum absolute atomic E-state index is 9.07. The Labute approximate surface area is 99.5 Å². The van der Waals surface area contributed by atoms with Gasteiger partial charge in [0.15, 0.2) is 0 Å². The second-order valence-electron chi connectivity index (χ2n) is 4.37. The Morgan fingerprint density at radius 1 is 1.38 bits per heavy atom. The number of nitriles is 1. The van der Waals surface area contributed by atoms with Gasteiger partial charge in [0.25, 0.3) is 0 Å². The molecule has 0 aliphatic carbocycles. The van der Waals surface area contributed by atoms with Gasteiger partial charge >= 0.3 is 0 Å². The highest BCUT2D eigenvalue weighted by atomic mass is 32.1. The molecule has 1 aromatic rings. The second kappa shape index (κ2) is 4.36. The smallest absolute Gasteiger partial charge is 0.205 e. The molecule has 0 radical (unpaired) electrons. The first-order chi connectivity index (χ1) is 7.63. The number of anilines is 1. The molecule has 0 saturated carbocycles. The van der Waals surface area contributed by atoms with Gasteiger partial charge in [0.05, 0.1) is 6.07 Å². The first kappa shape index (κ1) is 11.3. The van der Waals surface area contributed by atoms with E-state index in [0.29, 0.717) is 0 Å². The van der Waals surface area contributed by atoms with Crippen molar-refractivity contribution in [3.8, 4) is 6.07 Å². The lowest BCUT2D eigenvalue weighted by Gasteiger charge is -2.40. The molecular weight excluding hydrogens is 222 g/mol. The first-order valence-electron chi connectivity index (χ1n) is 5.31. The van der Waals surface area contributed by atoms with Gasteiger partial charge in [-0.15, -0.1) is 0 Å². The van der Waals surface area contributed by atoms with E-state index in [-0.39, 0.29) is 5.54 Å². The molecule has 16 heavy (non-hydrogen) atoms. The lowest BCUT2D eigenvalue weighted by atomic mass is 10.0. The van der Waals surface area contributed by atoms with E-state index in [1.807, 2.05) is 13.8 Å². The van der Waals surface area contributed by atoms with Crippen LogP contribution in [0.15, 0.2) is 6.33 Å². The summed E-state index contributed by atoms with van der Waals surface area (Å²) in [6.45, 7) is 7.57. The largest absolute Gasteiger partial charge is 0.344 e. The van der Waals surface area contributed by atoms with Crippen molar-refractivity contribution in [3.05, 3.63) is 6.33 Å². The van der Waals surface area contributed by atoms with Crippen LogP contribution in [0.2, 0.25) is 0 Å². The predicted molar refractivity (Wildman–Crippen MR) is 63.4 cm³/mol. The summed E-state index contributed by atoms with van der Waals surface area (Å²) in [6, 6.07) is 2.34. The van der Waals surface area contributed by atoms with E-state index in [2.05, 4.69) is 25.2 Å². The third-order valence-electron chi connectivity index (χ3n) is 2.96. The quantitative estimate of drug-likeness (QED) is 0.767. The Kier molecular flexibility index (Phi) is 3.08. The van der Waals surface area contributed by atoms with E-state index in [9.17, 15) is 0 Å². The van der Waals surface area contributed by atoms with Gasteiger partial charge in [-0.05, 0) is 13.8 Å². The molecule has 0 amide bonds. The molecule has 5 nitrogen and oxygen atoms in total. The highest BCUT2D eigenvalue weighted by molar-refractivity contribution is 7.09. The average Bonchev–Trinajstić information content (AvgIpc) is 2.83. The molecule has 2 rings (SSSR count). The van der Waals surface area contributed by atoms with Gasteiger partial charge in [-0.3, -0.25) is 4.90 Å². The Balaban J connectivity index is 1.96. The molecule has 0 unspecified atom stereocenters. The number of rotatable bonds is 2. The number of aromatic nitrogens is 2. The molecule has 0 N–H and O–H groups in total. The monoisotopic (exact) mass is 237 g/mol. The van der Waals surface area contributed by atoms with Crippen molar-refractivity contribution >= 4 is 16.7 Å². The minimum atomic E-state index is -0.368. The fraction of sp³-hybridized carbons (Fsp3) is 0.700. The van der Waals surface area contributed by atoms with E-state index >= 15 is 0 Å². The molecule has 1 aliphatic heterocycles. The van der Waals surface area contributed by atoms with Gasteiger partial charge in [0.2, 0.25) is 5.13 Å². The summed E-state index contributed by atoms with van der Waals surface area (Å²) in [6.07, 6.45) is 1.59. The summed E-state index contributed by atoms with van der Waals surface area (Å²) in [5.41, 5.74) is -0.368. The van der Waals surface area contributed by atoms with Crippen LogP contribution in [0.3, 0.4) is 0 Å².